The number of benzene rings is 1. The predicted molar refractivity (Wildman–Crippen MR) is 60.6 cm³/mol. The number of rotatable bonds is 5. The molecule has 0 bridgehead atoms. The van der Waals surface area contributed by atoms with Crippen LogP contribution in [0.5, 0.6) is 0 Å². The SMILES string of the molecule is CC(C)C(F)(F)c1ccc(CCCO)cc1. The molecule has 0 radical (unpaired) electrons. The van der Waals surface area contributed by atoms with Gasteiger partial charge in [-0.05, 0) is 18.4 Å². The molecule has 0 aromatic heterocycles. The van der Waals surface area contributed by atoms with Crippen LogP contribution in [0, 0.1) is 5.92 Å². The highest BCUT2D eigenvalue weighted by Crippen LogP contribution is 2.35. The Morgan fingerprint density at radius 2 is 1.75 bits per heavy atom. The lowest BCUT2D eigenvalue weighted by Gasteiger charge is -2.20. The van der Waals surface area contributed by atoms with Gasteiger partial charge in [0.1, 0.15) is 0 Å². The minimum atomic E-state index is -2.77. The van der Waals surface area contributed by atoms with Gasteiger partial charge >= 0.3 is 0 Å². The molecule has 3 heteroatoms. The number of hydrogen-bond donors (Lipinski definition) is 1. The Balaban J connectivity index is 2.78. The van der Waals surface area contributed by atoms with E-state index in [1.165, 1.54) is 26.0 Å². The normalized spacial score (nSPS) is 12.1. The molecule has 0 aliphatic rings. The van der Waals surface area contributed by atoms with Crippen LogP contribution in [0.1, 0.15) is 31.4 Å². The Morgan fingerprint density at radius 3 is 2.19 bits per heavy atom. The van der Waals surface area contributed by atoms with E-state index in [1.807, 2.05) is 0 Å². The number of alkyl halides is 2. The molecule has 0 aliphatic heterocycles. The fourth-order valence-electron chi connectivity index (χ4n) is 1.51. The standard InChI is InChI=1S/C13H18F2O/c1-10(2)13(14,15)12-7-5-11(6-8-12)4-3-9-16/h5-8,10,16H,3-4,9H2,1-2H3. The summed E-state index contributed by atoms with van der Waals surface area (Å²) in [4.78, 5) is 0. The molecule has 0 saturated heterocycles. The van der Waals surface area contributed by atoms with Crippen LogP contribution in [-0.4, -0.2) is 11.7 Å². The Kier molecular flexibility index (Phi) is 4.42. The third-order valence-electron chi connectivity index (χ3n) is 2.69. The molecule has 1 nitrogen and oxygen atoms in total. The first-order chi connectivity index (χ1) is 7.48. The Labute approximate surface area is 95.1 Å². The summed E-state index contributed by atoms with van der Waals surface area (Å²) in [6.45, 7) is 3.16. The maximum Gasteiger partial charge on any atom is 0.275 e. The van der Waals surface area contributed by atoms with Crippen LogP contribution in [0.25, 0.3) is 0 Å². The van der Waals surface area contributed by atoms with Crippen molar-refractivity contribution in [2.24, 2.45) is 5.92 Å². The highest BCUT2D eigenvalue weighted by molar-refractivity contribution is 5.26. The van der Waals surface area contributed by atoms with E-state index in [9.17, 15) is 8.78 Å². The molecule has 1 N–H and O–H groups in total. The van der Waals surface area contributed by atoms with E-state index in [1.54, 1.807) is 12.1 Å². The molecule has 0 aliphatic carbocycles. The van der Waals surface area contributed by atoms with Crippen LogP contribution in [0.3, 0.4) is 0 Å². The molecule has 0 fully saturated rings. The molecule has 1 rings (SSSR count). The fourth-order valence-corrected chi connectivity index (χ4v) is 1.51. The van der Waals surface area contributed by atoms with Gasteiger partial charge in [0.2, 0.25) is 0 Å². The second-order valence-corrected chi connectivity index (χ2v) is 4.30. The first-order valence-electron chi connectivity index (χ1n) is 5.56. The van der Waals surface area contributed by atoms with Gasteiger partial charge in [-0.3, -0.25) is 0 Å². The van der Waals surface area contributed by atoms with E-state index in [0.29, 0.717) is 6.42 Å². The van der Waals surface area contributed by atoms with Crippen molar-refractivity contribution in [3.63, 3.8) is 0 Å². The summed E-state index contributed by atoms with van der Waals surface area (Å²) >= 11 is 0. The lowest BCUT2D eigenvalue weighted by atomic mass is 9.96. The summed E-state index contributed by atoms with van der Waals surface area (Å²) < 4.78 is 27.2. The number of aryl methyl sites for hydroxylation is 1. The van der Waals surface area contributed by atoms with Gasteiger partial charge in [0.05, 0.1) is 0 Å². The molecule has 1 aromatic carbocycles. The molecule has 0 saturated carbocycles. The monoisotopic (exact) mass is 228 g/mol. The molecule has 1 aromatic rings. The van der Waals surface area contributed by atoms with Crippen molar-refractivity contribution in [1.82, 2.24) is 0 Å². The molecule has 0 heterocycles. The van der Waals surface area contributed by atoms with Gasteiger partial charge in [-0.2, -0.15) is 0 Å². The molecular formula is C13H18F2O. The molecule has 90 valence electrons. The van der Waals surface area contributed by atoms with Gasteiger partial charge in [-0.1, -0.05) is 38.1 Å². The Bertz CT molecular complexity index is 317. The number of aliphatic hydroxyl groups is 1. The van der Waals surface area contributed by atoms with Crippen LogP contribution in [0.2, 0.25) is 0 Å². The van der Waals surface area contributed by atoms with Crippen molar-refractivity contribution in [3.8, 4) is 0 Å². The third-order valence-corrected chi connectivity index (χ3v) is 2.69. The largest absolute Gasteiger partial charge is 0.396 e. The maximum absolute atomic E-state index is 13.6. The van der Waals surface area contributed by atoms with Crippen LogP contribution in [-0.2, 0) is 12.3 Å². The summed E-state index contributed by atoms with van der Waals surface area (Å²) in [5.74, 6) is -3.47. The maximum atomic E-state index is 13.6. The van der Waals surface area contributed by atoms with Gasteiger partial charge in [-0.25, -0.2) is 8.78 Å². The first-order valence-corrected chi connectivity index (χ1v) is 5.56. The zero-order chi connectivity index (χ0) is 12.2. The predicted octanol–water partition coefficient (Wildman–Crippen LogP) is 3.36. The van der Waals surface area contributed by atoms with Crippen molar-refractivity contribution in [1.29, 1.82) is 0 Å². The second kappa shape index (κ2) is 5.39. The van der Waals surface area contributed by atoms with E-state index in [0.717, 1.165) is 12.0 Å². The van der Waals surface area contributed by atoms with Gasteiger partial charge in [-0.15, -0.1) is 0 Å². The highest BCUT2D eigenvalue weighted by atomic mass is 19.3. The number of halogens is 2. The summed E-state index contributed by atoms with van der Waals surface area (Å²) in [7, 11) is 0. The summed E-state index contributed by atoms with van der Waals surface area (Å²) in [6, 6.07) is 6.38. The van der Waals surface area contributed by atoms with Crippen molar-refractivity contribution in [2.75, 3.05) is 6.61 Å². The number of aliphatic hydroxyl groups excluding tert-OH is 1. The zero-order valence-electron chi connectivity index (χ0n) is 9.71. The summed E-state index contributed by atoms with van der Waals surface area (Å²) in [5.41, 5.74) is 1.05. The second-order valence-electron chi connectivity index (χ2n) is 4.30. The zero-order valence-corrected chi connectivity index (χ0v) is 9.71. The van der Waals surface area contributed by atoms with Gasteiger partial charge in [0.25, 0.3) is 5.92 Å². The Morgan fingerprint density at radius 1 is 1.19 bits per heavy atom. The lowest BCUT2D eigenvalue weighted by molar-refractivity contribution is -0.0513. The smallest absolute Gasteiger partial charge is 0.275 e. The van der Waals surface area contributed by atoms with Crippen molar-refractivity contribution < 1.29 is 13.9 Å². The van der Waals surface area contributed by atoms with Gasteiger partial charge in [0.15, 0.2) is 0 Å². The van der Waals surface area contributed by atoms with E-state index in [2.05, 4.69) is 0 Å². The minimum absolute atomic E-state index is 0.0650. The molecule has 0 atom stereocenters. The van der Waals surface area contributed by atoms with E-state index >= 15 is 0 Å². The van der Waals surface area contributed by atoms with E-state index < -0.39 is 11.8 Å². The first kappa shape index (κ1) is 13.1. The van der Waals surface area contributed by atoms with Crippen molar-refractivity contribution in [2.45, 2.75) is 32.6 Å². The van der Waals surface area contributed by atoms with Crippen LogP contribution in [0.4, 0.5) is 8.78 Å². The van der Waals surface area contributed by atoms with Crippen LogP contribution in [0.15, 0.2) is 24.3 Å². The van der Waals surface area contributed by atoms with Gasteiger partial charge < -0.3 is 5.11 Å². The molecule has 16 heavy (non-hydrogen) atoms. The topological polar surface area (TPSA) is 20.2 Å². The average molecular weight is 228 g/mol. The number of hydrogen-bond acceptors (Lipinski definition) is 1. The molecule has 0 unspecified atom stereocenters. The summed E-state index contributed by atoms with van der Waals surface area (Å²) in [5, 5.41) is 8.66. The Hall–Kier alpha value is -0.960. The lowest BCUT2D eigenvalue weighted by Crippen LogP contribution is -2.20. The molecule has 0 amide bonds. The van der Waals surface area contributed by atoms with E-state index in [-0.39, 0.29) is 12.2 Å². The van der Waals surface area contributed by atoms with E-state index in [4.69, 9.17) is 5.11 Å². The molecule has 0 spiro atoms. The minimum Gasteiger partial charge on any atom is -0.396 e. The van der Waals surface area contributed by atoms with Crippen LogP contribution < -0.4 is 0 Å². The highest BCUT2D eigenvalue weighted by Gasteiger charge is 2.35. The quantitative estimate of drug-likeness (QED) is 0.819. The van der Waals surface area contributed by atoms with Crippen molar-refractivity contribution in [3.05, 3.63) is 35.4 Å². The fraction of sp³-hybridized carbons (Fsp3) is 0.538. The van der Waals surface area contributed by atoms with Gasteiger partial charge in [0, 0.05) is 18.1 Å². The van der Waals surface area contributed by atoms with Crippen molar-refractivity contribution >= 4 is 0 Å². The third kappa shape index (κ3) is 3.01. The summed E-state index contributed by atoms with van der Waals surface area (Å²) in [6.07, 6.45) is 1.39. The molecular weight excluding hydrogens is 210 g/mol. The average Bonchev–Trinajstić information content (AvgIpc) is 2.26. The van der Waals surface area contributed by atoms with Crippen LogP contribution >= 0.6 is 0 Å².